The Hall–Kier alpha value is -2.37. The molecule has 96 valence electrons. The van der Waals surface area contributed by atoms with Crippen molar-refractivity contribution < 1.29 is 19.4 Å². The van der Waals surface area contributed by atoms with Crippen molar-refractivity contribution in [3.05, 3.63) is 36.7 Å². The van der Waals surface area contributed by atoms with E-state index in [1.54, 1.807) is 0 Å². The van der Waals surface area contributed by atoms with Gasteiger partial charge in [0.15, 0.2) is 17.5 Å². The van der Waals surface area contributed by atoms with Crippen LogP contribution in [-0.4, -0.2) is 34.6 Å². The van der Waals surface area contributed by atoms with Crippen LogP contribution in [0.4, 0.5) is 0 Å². The molecule has 1 unspecified atom stereocenters. The Balaban J connectivity index is 2.75. The van der Waals surface area contributed by atoms with Crippen LogP contribution in [0.2, 0.25) is 0 Å². The largest absolute Gasteiger partial charge is 0.478 e. The van der Waals surface area contributed by atoms with E-state index < -0.39 is 12.1 Å². The zero-order chi connectivity index (χ0) is 13.5. The van der Waals surface area contributed by atoms with Crippen molar-refractivity contribution >= 4 is 11.9 Å². The van der Waals surface area contributed by atoms with Crippen molar-refractivity contribution in [3.8, 4) is 5.75 Å². The highest BCUT2D eigenvalue weighted by atomic mass is 16.5. The predicted molar refractivity (Wildman–Crippen MR) is 64.5 cm³/mol. The normalized spacial score (nSPS) is 11.4. The minimum absolute atomic E-state index is 0.0613. The van der Waals surface area contributed by atoms with E-state index in [2.05, 4.69) is 16.9 Å². The number of hydrogen-bond donors (Lipinski definition) is 2. The second kappa shape index (κ2) is 6.39. The molecule has 0 aromatic carbocycles. The molecule has 1 rings (SSSR count). The van der Waals surface area contributed by atoms with E-state index in [-0.39, 0.29) is 17.4 Å². The van der Waals surface area contributed by atoms with Crippen LogP contribution in [0.3, 0.4) is 0 Å². The lowest BCUT2D eigenvalue weighted by molar-refractivity contribution is -0.127. The number of carbonyl (C=O) groups is 2. The quantitative estimate of drug-likeness (QED) is 0.731. The Morgan fingerprint density at radius 3 is 3.00 bits per heavy atom. The summed E-state index contributed by atoms with van der Waals surface area (Å²) in [6.45, 7) is 5.32. The molecule has 0 aliphatic rings. The van der Waals surface area contributed by atoms with E-state index >= 15 is 0 Å². The number of nitrogens with zero attached hydrogens (tertiary/aromatic N) is 1. The van der Waals surface area contributed by atoms with Crippen molar-refractivity contribution in [2.24, 2.45) is 0 Å². The molecule has 0 aliphatic carbocycles. The van der Waals surface area contributed by atoms with Gasteiger partial charge in [0.25, 0.3) is 5.91 Å². The number of nitrogens with one attached hydrogen (secondary N) is 1. The number of amides is 1. The van der Waals surface area contributed by atoms with Crippen LogP contribution in [0.25, 0.3) is 0 Å². The molecule has 0 fully saturated rings. The SMILES string of the molecule is C=CCNC(=O)C(C)Oc1cccnc1C(=O)O. The molecule has 0 saturated carbocycles. The highest BCUT2D eigenvalue weighted by molar-refractivity contribution is 5.88. The standard InChI is InChI=1S/C12H14N2O4/c1-3-6-14-11(15)8(2)18-9-5-4-7-13-10(9)12(16)17/h3-5,7-8H,1,6H2,2H3,(H,14,15)(H,16,17). The Kier molecular flexibility index (Phi) is 4.86. The zero-order valence-corrected chi connectivity index (χ0v) is 9.92. The van der Waals surface area contributed by atoms with Crippen molar-refractivity contribution in [2.45, 2.75) is 13.0 Å². The van der Waals surface area contributed by atoms with E-state index in [1.165, 1.54) is 31.3 Å². The van der Waals surface area contributed by atoms with Gasteiger partial charge in [-0.25, -0.2) is 9.78 Å². The van der Waals surface area contributed by atoms with E-state index in [9.17, 15) is 9.59 Å². The maximum atomic E-state index is 11.5. The second-order valence-corrected chi connectivity index (χ2v) is 3.45. The number of hydrogen-bond acceptors (Lipinski definition) is 4. The second-order valence-electron chi connectivity index (χ2n) is 3.45. The summed E-state index contributed by atoms with van der Waals surface area (Å²) in [6.07, 6.45) is 2.07. The van der Waals surface area contributed by atoms with Crippen LogP contribution < -0.4 is 10.1 Å². The molecule has 0 saturated heterocycles. The van der Waals surface area contributed by atoms with Crippen LogP contribution in [-0.2, 0) is 4.79 Å². The lowest BCUT2D eigenvalue weighted by Crippen LogP contribution is -2.36. The molecular formula is C12H14N2O4. The minimum Gasteiger partial charge on any atom is -0.478 e. The fraction of sp³-hybridized carbons (Fsp3) is 0.250. The van der Waals surface area contributed by atoms with Crippen molar-refractivity contribution in [3.63, 3.8) is 0 Å². The van der Waals surface area contributed by atoms with Crippen molar-refractivity contribution in [2.75, 3.05) is 6.54 Å². The van der Waals surface area contributed by atoms with Crippen LogP contribution in [0, 0.1) is 0 Å². The van der Waals surface area contributed by atoms with Crippen LogP contribution >= 0.6 is 0 Å². The smallest absolute Gasteiger partial charge is 0.358 e. The van der Waals surface area contributed by atoms with Gasteiger partial charge in [0, 0.05) is 12.7 Å². The molecule has 1 aromatic rings. The summed E-state index contributed by atoms with van der Waals surface area (Å²) in [6, 6.07) is 2.99. The molecule has 6 heteroatoms. The Labute approximate surface area is 104 Å². The summed E-state index contributed by atoms with van der Waals surface area (Å²) in [7, 11) is 0. The number of aromatic carboxylic acids is 1. The van der Waals surface area contributed by atoms with E-state index in [0.717, 1.165) is 0 Å². The average Bonchev–Trinajstić information content (AvgIpc) is 2.36. The molecule has 1 heterocycles. The maximum Gasteiger partial charge on any atom is 0.358 e. The zero-order valence-electron chi connectivity index (χ0n) is 9.92. The minimum atomic E-state index is -1.20. The highest BCUT2D eigenvalue weighted by Crippen LogP contribution is 2.16. The maximum absolute atomic E-state index is 11.5. The molecule has 0 spiro atoms. The predicted octanol–water partition coefficient (Wildman–Crippen LogP) is 0.849. The summed E-state index contributed by atoms with van der Waals surface area (Å²) in [4.78, 5) is 26.1. The molecule has 1 aromatic heterocycles. The van der Waals surface area contributed by atoms with Crippen LogP contribution in [0.15, 0.2) is 31.0 Å². The van der Waals surface area contributed by atoms with Gasteiger partial charge in [-0.3, -0.25) is 4.79 Å². The van der Waals surface area contributed by atoms with E-state index in [1.807, 2.05) is 0 Å². The first-order chi connectivity index (χ1) is 8.56. The van der Waals surface area contributed by atoms with Gasteiger partial charge >= 0.3 is 5.97 Å². The van der Waals surface area contributed by atoms with Crippen molar-refractivity contribution in [1.29, 1.82) is 0 Å². The number of pyridine rings is 1. The van der Waals surface area contributed by atoms with Gasteiger partial charge in [-0.15, -0.1) is 6.58 Å². The molecule has 0 radical (unpaired) electrons. The molecule has 0 bridgehead atoms. The highest BCUT2D eigenvalue weighted by Gasteiger charge is 2.18. The summed E-state index contributed by atoms with van der Waals surface area (Å²) < 4.78 is 5.28. The number of rotatable bonds is 6. The Morgan fingerprint density at radius 2 is 2.39 bits per heavy atom. The Morgan fingerprint density at radius 1 is 1.67 bits per heavy atom. The van der Waals surface area contributed by atoms with Gasteiger partial charge in [-0.1, -0.05) is 6.08 Å². The van der Waals surface area contributed by atoms with Gasteiger partial charge < -0.3 is 15.2 Å². The Bertz CT molecular complexity index is 459. The third-order valence-electron chi connectivity index (χ3n) is 2.07. The van der Waals surface area contributed by atoms with Gasteiger partial charge in [0.1, 0.15) is 0 Å². The fourth-order valence-electron chi connectivity index (χ4n) is 1.21. The van der Waals surface area contributed by atoms with Gasteiger partial charge in [-0.05, 0) is 19.1 Å². The third kappa shape index (κ3) is 3.58. The van der Waals surface area contributed by atoms with Crippen LogP contribution in [0.5, 0.6) is 5.75 Å². The van der Waals surface area contributed by atoms with Gasteiger partial charge in [0.05, 0.1) is 0 Å². The fourth-order valence-corrected chi connectivity index (χ4v) is 1.21. The number of carboxylic acids is 1. The monoisotopic (exact) mass is 250 g/mol. The molecule has 1 atom stereocenters. The molecule has 2 N–H and O–H groups in total. The number of ether oxygens (including phenoxy) is 1. The lowest BCUT2D eigenvalue weighted by Gasteiger charge is -2.14. The first kappa shape index (κ1) is 13.7. The average molecular weight is 250 g/mol. The number of aromatic nitrogens is 1. The topological polar surface area (TPSA) is 88.5 Å². The lowest BCUT2D eigenvalue weighted by atomic mass is 10.3. The summed E-state index contributed by atoms with van der Waals surface area (Å²) in [5.74, 6) is -1.49. The molecule has 1 amide bonds. The summed E-state index contributed by atoms with van der Waals surface area (Å²) >= 11 is 0. The first-order valence-corrected chi connectivity index (χ1v) is 5.29. The molecule has 0 aliphatic heterocycles. The summed E-state index contributed by atoms with van der Waals surface area (Å²) in [5, 5.41) is 11.5. The molecular weight excluding hydrogens is 236 g/mol. The van der Waals surface area contributed by atoms with E-state index in [4.69, 9.17) is 9.84 Å². The number of carboxylic acid groups (broad SMARTS) is 1. The third-order valence-corrected chi connectivity index (χ3v) is 2.07. The van der Waals surface area contributed by atoms with Gasteiger partial charge in [0.2, 0.25) is 0 Å². The van der Waals surface area contributed by atoms with Crippen LogP contribution in [0.1, 0.15) is 17.4 Å². The molecule has 18 heavy (non-hydrogen) atoms. The van der Waals surface area contributed by atoms with Crippen molar-refractivity contribution in [1.82, 2.24) is 10.3 Å². The van der Waals surface area contributed by atoms with Gasteiger partial charge in [-0.2, -0.15) is 0 Å². The summed E-state index contributed by atoms with van der Waals surface area (Å²) in [5.41, 5.74) is -0.221. The van der Waals surface area contributed by atoms with E-state index in [0.29, 0.717) is 6.54 Å². The first-order valence-electron chi connectivity index (χ1n) is 5.29. The molecule has 6 nitrogen and oxygen atoms in total. The number of carbonyl (C=O) groups excluding carboxylic acids is 1.